The van der Waals surface area contributed by atoms with Gasteiger partial charge < -0.3 is 4.74 Å². The maximum Gasteiger partial charge on any atom is 0.264 e. The molecule has 0 saturated heterocycles. The van der Waals surface area contributed by atoms with Crippen molar-refractivity contribution >= 4 is 10.1 Å². The Hall–Kier alpha value is -2.77. The van der Waals surface area contributed by atoms with E-state index in [0.29, 0.717) is 18.9 Å². The zero-order valence-corrected chi connectivity index (χ0v) is 17.1. The van der Waals surface area contributed by atoms with Gasteiger partial charge in [0.2, 0.25) is 5.88 Å². The van der Waals surface area contributed by atoms with Gasteiger partial charge in [-0.1, -0.05) is 54.6 Å². The van der Waals surface area contributed by atoms with Gasteiger partial charge in [-0.15, -0.1) is 5.10 Å². The topological polar surface area (TPSA) is 78.4 Å². The van der Waals surface area contributed by atoms with Gasteiger partial charge in [0.25, 0.3) is 10.1 Å². The largest absolute Gasteiger partial charge is 0.472 e. The number of rotatable bonds is 10. The smallest absolute Gasteiger partial charge is 0.264 e. The fourth-order valence-corrected chi connectivity index (χ4v) is 3.13. The summed E-state index contributed by atoms with van der Waals surface area (Å²) < 4.78 is 32.4. The van der Waals surface area contributed by atoms with Crippen LogP contribution >= 0.6 is 0 Å². The second-order valence-corrected chi connectivity index (χ2v) is 8.37. The molecule has 6 nitrogen and oxygen atoms in total. The molecule has 7 heteroatoms. The van der Waals surface area contributed by atoms with E-state index in [-0.39, 0.29) is 6.61 Å². The Bertz CT molecular complexity index is 989. The van der Waals surface area contributed by atoms with Crippen molar-refractivity contribution in [3.05, 3.63) is 89.1 Å². The molecule has 0 spiro atoms. The summed E-state index contributed by atoms with van der Waals surface area (Å²) in [6.07, 6.45) is 3.24. The van der Waals surface area contributed by atoms with Crippen LogP contribution in [-0.2, 0) is 40.2 Å². The highest BCUT2D eigenvalue weighted by Crippen LogP contribution is 2.12. The van der Waals surface area contributed by atoms with E-state index >= 15 is 0 Å². The van der Waals surface area contributed by atoms with Crippen LogP contribution < -0.4 is 4.74 Å². The van der Waals surface area contributed by atoms with E-state index in [0.717, 1.165) is 35.9 Å². The van der Waals surface area contributed by atoms with Crippen molar-refractivity contribution in [1.82, 2.24) is 10.2 Å². The van der Waals surface area contributed by atoms with Crippen LogP contribution in [0.5, 0.6) is 5.88 Å². The number of hydrogen-bond acceptors (Lipinski definition) is 6. The minimum Gasteiger partial charge on any atom is -0.472 e. The summed E-state index contributed by atoms with van der Waals surface area (Å²) in [5, 5.41) is 8.38. The number of nitrogens with zero attached hydrogens (tertiary/aromatic N) is 2. The Morgan fingerprint density at radius 1 is 0.759 bits per heavy atom. The van der Waals surface area contributed by atoms with Gasteiger partial charge in [-0.2, -0.15) is 13.5 Å². The molecule has 1 aromatic heterocycles. The van der Waals surface area contributed by atoms with Gasteiger partial charge in [0.05, 0.1) is 18.6 Å². The molecular formula is C22H24N2O4S. The van der Waals surface area contributed by atoms with E-state index in [1.54, 1.807) is 0 Å². The van der Waals surface area contributed by atoms with Crippen molar-refractivity contribution in [2.75, 3.05) is 12.9 Å². The molecular weight excluding hydrogens is 388 g/mol. The van der Waals surface area contributed by atoms with E-state index in [1.807, 2.05) is 66.7 Å². The standard InChI is InChI=1S/C22H24N2O4S/c1-29(25,26)28-16-15-19-9-7-18(8-10-19)11-12-21-13-14-22(24-23-21)27-17-20-5-3-2-4-6-20/h2-10,13-14H,11-12,15-17H2,1H3. The highest BCUT2D eigenvalue weighted by atomic mass is 32.2. The van der Waals surface area contributed by atoms with E-state index in [9.17, 15) is 8.42 Å². The first kappa shape index (κ1) is 21.0. The molecule has 152 valence electrons. The van der Waals surface area contributed by atoms with Crippen LogP contribution in [0.4, 0.5) is 0 Å². The third-order valence-corrected chi connectivity index (χ3v) is 4.90. The van der Waals surface area contributed by atoms with Crippen LogP contribution in [0.3, 0.4) is 0 Å². The Labute approximate surface area is 171 Å². The molecule has 0 radical (unpaired) electrons. The first-order chi connectivity index (χ1) is 14.0. The number of benzene rings is 2. The highest BCUT2D eigenvalue weighted by molar-refractivity contribution is 7.85. The monoisotopic (exact) mass is 412 g/mol. The lowest BCUT2D eigenvalue weighted by molar-refractivity contribution is 0.290. The summed E-state index contributed by atoms with van der Waals surface area (Å²) in [6.45, 7) is 0.628. The molecule has 3 rings (SSSR count). The van der Waals surface area contributed by atoms with Crippen molar-refractivity contribution in [2.45, 2.75) is 25.9 Å². The summed E-state index contributed by atoms with van der Waals surface area (Å²) in [6, 6.07) is 21.8. The first-order valence-electron chi connectivity index (χ1n) is 9.39. The molecule has 0 aliphatic heterocycles. The van der Waals surface area contributed by atoms with E-state index in [4.69, 9.17) is 8.92 Å². The maximum atomic E-state index is 11.0. The molecule has 0 aliphatic rings. The second kappa shape index (κ2) is 10.1. The highest BCUT2D eigenvalue weighted by Gasteiger charge is 2.04. The zero-order valence-electron chi connectivity index (χ0n) is 16.3. The van der Waals surface area contributed by atoms with E-state index in [1.165, 1.54) is 5.56 Å². The summed E-state index contributed by atoms with van der Waals surface area (Å²) in [5.41, 5.74) is 4.22. The van der Waals surface area contributed by atoms with Gasteiger partial charge in [0.1, 0.15) is 6.61 Å². The Balaban J connectivity index is 1.43. The van der Waals surface area contributed by atoms with Crippen molar-refractivity contribution in [2.24, 2.45) is 0 Å². The quantitative estimate of drug-likeness (QED) is 0.475. The second-order valence-electron chi connectivity index (χ2n) is 6.73. The molecule has 1 heterocycles. The van der Waals surface area contributed by atoms with Crippen LogP contribution in [-0.4, -0.2) is 31.5 Å². The molecule has 29 heavy (non-hydrogen) atoms. The van der Waals surface area contributed by atoms with Crippen LogP contribution in [0.25, 0.3) is 0 Å². The number of hydrogen-bond donors (Lipinski definition) is 0. The Morgan fingerprint density at radius 2 is 1.45 bits per heavy atom. The molecule has 0 N–H and O–H groups in total. The molecule has 0 amide bonds. The number of aromatic nitrogens is 2. The fourth-order valence-electron chi connectivity index (χ4n) is 2.75. The van der Waals surface area contributed by atoms with Crippen molar-refractivity contribution < 1.29 is 17.3 Å². The average molecular weight is 413 g/mol. The number of ether oxygens (including phenoxy) is 1. The summed E-state index contributed by atoms with van der Waals surface area (Å²) in [5.74, 6) is 0.512. The predicted molar refractivity (Wildman–Crippen MR) is 111 cm³/mol. The minimum atomic E-state index is -3.38. The van der Waals surface area contributed by atoms with Crippen LogP contribution in [0, 0.1) is 0 Å². The third kappa shape index (κ3) is 7.63. The van der Waals surface area contributed by atoms with Crippen LogP contribution in [0.1, 0.15) is 22.4 Å². The van der Waals surface area contributed by atoms with Gasteiger partial charge in [0, 0.05) is 6.07 Å². The molecule has 0 aliphatic carbocycles. The molecule has 0 unspecified atom stereocenters. The van der Waals surface area contributed by atoms with Gasteiger partial charge >= 0.3 is 0 Å². The van der Waals surface area contributed by atoms with Crippen LogP contribution in [0.2, 0.25) is 0 Å². The molecule has 0 atom stereocenters. The van der Waals surface area contributed by atoms with Gasteiger partial charge in [0.15, 0.2) is 0 Å². The van der Waals surface area contributed by atoms with Gasteiger partial charge in [-0.05, 0) is 42.0 Å². The zero-order chi connectivity index (χ0) is 20.5. The van der Waals surface area contributed by atoms with Crippen molar-refractivity contribution in [1.29, 1.82) is 0 Å². The van der Waals surface area contributed by atoms with Crippen molar-refractivity contribution in [3.63, 3.8) is 0 Å². The molecule has 0 fully saturated rings. The molecule has 0 bridgehead atoms. The van der Waals surface area contributed by atoms with Crippen molar-refractivity contribution in [3.8, 4) is 5.88 Å². The third-order valence-electron chi connectivity index (χ3n) is 4.31. The lowest BCUT2D eigenvalue weighted by Crippen LogP contribution is -2.06. The first-order valence-corrected chi connectivity index (χ1v) is 11.2. The maximum absolute atomic E-state index is 11.0. The lowest BCUT2D eigenvalue weighted by atomic mass is 10.0. The average Bonchev–Trinajstić information content (AvgIpc) is 2.72. The molecule has 3 aromatic rings. The van der Waals surface area contributed by atoms with E-state index < -0.39 is 10.1 Å². The summed E-state index contributed by atoms with van der Waals surface area (Å²) >= 11 is 0. The fraction of sp³-hybridized carbons (Fsp3) is 0.273. The van der Waals surface area contributed by atoms with Gasteiger partial charge in [-0.3, -0.25) is 4.18 Å². The Morgan fingerprint density at radius 3 is 2.07 bits per heavy atom. The summed E-state index contributed by atoms with van der Waals surface area (Å²) in [4.78, 5) is 0. The van der Waals surface area contributed by atoms with E-state index in [2.05, 4.69) is 10.2 Å². The van der Waals surface area contributed by atoms with Gasteiger partial charge in [-0.25, -0.2) is 0 Å². The predicted octanol–water partition coefficient (Wildman–Crippen LogP) is 3.36. The minimum absolute atomic E-state index is 0.159. The molecule has 0 saturated carbocycles. The molecule has 2 aromatic carbocycles. The summed E-state index contributed by atoms with van der Waals surface area (Å²) in [7, 11) is -3.38. The lowest BCUT2D eigenvalue weighted by Gasteiger charge is -2.06. The van der Waals surface area contributed by atoms with Crippen LogP contribution in [0.15, 0.2) is 66.7 Å². The normalized spacial score (nSPS) is 11.3. The Kier molecular flexibility index (Phi) is 7.32. The number of aryl methyl sites for hydroxylation is 2. The SMILES string of the molecule is CS(=O)(=O)OCCc1ccc(CCc2ccc(OCc3ccccc3)nn2)cc1.